The second-order valence-electron chi connectivity index (χ2n) is 3.16. The molecule has 0 aliphatic carbocycles. The maximum Gasteiger partial charge on any atom is 0.414 e. The highest BCUT2D eigenvalue weighted by molar-refractivity contribution is 5.89. The monoisotopic (exact) mass is 233 g/mol. The van der Waals surface area contributed by atoms with E-state index in [0.29, 0.717) is 0 Å². The van der Waals surface area contributed by atoms with E-state index in [0.717, 1.165) is 17.1 Å². The number of fused-ring (bicyclic) bond motifs is 1. The molecule has 0 saturated heterocycles. The van der Waals surface area contributed by atoms with Crippen molar-refractivity contribution in [2.75, 3.05) is 12.0 Å². The molecule has 0 spiro atoms. The fraction of sp³-hybridized carbons (Fsp3) is 0.250. The molecule has 0 fully saturated rings. The van der Waals surface area contributed by atoms with E-state index in [-0.39, 0.29) is 5.69 Å². The minimum atomic E-state index is -4.47. The van der Waals surface area contributed by atoms with Gasteiger partial charge in [-0.1, -0.05) is 0 Å². The average Bonchev–Trinajstić information content (AvgIpc) is 2.58. The third-order valence-corrected chi connectivity index (χ3v) is 2.12. The molecule has 0 aromatic carbocycles. The number of carboxylic acids is 1. The van der Waals surface area contributed by atoms with Gasteiger partial charge in [-0.3, -0.25) is 0 Å². The number of aromatic carboxylic acids is 1. The van der Waals surface area contributed by atoms with E-state index >= 15 is 0 Å². The standard InChI is InChI=1S/C8H6F3N3O2/c9-8(10,11)4-1-5-6(7(15)16)12-3-14(5)13-2-4/h1,3,13H,2H2,(H,15,16). The van der Waals surface area contributed by atoms with Crippen LogP contribution in [-0.2, 0) is 0 Å². The molecule has 1 aromatic heterocycles. The van der Waals surface area contributed by atoms with Crippen LogP contribution >= 0.6 is 0 Å². The summed E-state index contributed by atoms with van der Waals surface area (Å²) in [6.45, 7) is -0.411. The second-order valence-corrected chi connectivity index (χ2v) is 3.16. The molecule has 1 aliphatic heterocycles. The fourth-order valence-corrected chi connectivity index (χ4v) is 1.36. The number of halogens is 3. The topological polar surface area (TPSA) is 67.1 Å². The lowest BCUT2D eigenvalue weighted by Crippen LogP contribution is -2.29. The van der Waals surface area contributed by atoms with Gasteiger partial charge in [0.2, 0.25) is 0 Å². The van der Waals surface area contributed by atoms with Crippen molar-refractivity contribution >= 4 is 12.0 Å². The van der Waals surface area contributed by atoms with Gasteiger partial charge in [0.25, 0.3) is 0 Å². The van der Waals surface area contributed by atoms with Gasteiger partial charge in [0.05, 0.1) is 17.8 Å². The Labute approximate surface area is 87.2 Å². The van der Waals surface area contributed by atoms with E-state index in [4.69, 9.17) is 5.11 Å². The van der Waals surface area contributed by atoms with E-state index in [9.17, 15) is 18.0 Å². The molecule has 2 rings (SSSR count). The van der Waals surface area contributed by atoms with Crippen molar-refractivity contribution < 1.29 is 23.1 Å². The molecule has 8 heteroatoms. The van der Waals surface area contributed by atoms with Crippen molar-refractivity contribution in [3.05, 3.63) is 23.3 Å². The normalized spacial score (nSPS) is 15.1. The first-order valence-electron chi connectivity index (χ1n) is 4.22. The summed E-state index contributed by atoms with van der Waals surface area (Å²) in [4.78, 5) is 14.2. The smallest absolute Gasteiger partial charge is 0.414 e. The molecule has 0 radical (unpaired) electrons. The lowest BCUT2D eigenvalue weighted by Gasteiger charge is -2.19. The second kappa shape index (κ2) is 3.26. The third-order valence-electron chi connectivity index (χ3n) is 2.12. The molecule has 2 N–H and O–H groups in total. The zero-order valence-electron chi connectivity index (χ0n) is 7.75. The summed E-state index contributed by atoms with van der Waals surface area (Å²) in [6, 6.07) is 0. The summed E-state index contributed by atoms with van der Waals surface area (Å²) in [6.07, 6.45) is -2.56. The lowest BCUT2D eigenvalue weighted by atomic mass is 10.1. The Hall–Kier alpha value is -1.99. The molecule has 1 aliphatic rings. The highest BCUT2D eigenvalue weighted by atomic mass is 19.4. The Kier molecular flexibility index (Phi) is 2.14. The minimum absolute atomic E-state index is 0.105. The largest absolute Gasteiger partial charge is 0.476 e. The molecule has 1 aromatic rings. The number of imidazole rings is 1. The molecule has 5 nitrogen and oxygen atoms in total. The molecule has 86 valence electrons. The van der Waals surface area contributed by atoms with Gasteiger partial charge in [0, 0.05) is 0 Å². The maximum atomic E-state index is 12.4. The highest BCUT2D eigenvalue weighted by Crippen LogP contribution is 2.29. The van der Waals surface area contributed by atoms with Crippen molar-refractivity contribution in [3.63, 3.8) is 0 Å². The van der Waals surface area contributed by atoms with E-state index in [1.54, 1.807) is 0 Å². The zero-order chi connectivity index (χ0) is 11.9. The first kappa shape index (κ1) is 10.5. The third kappa shape index (κ3) is 1.62. The zero-order valence-corrected chi connectivity index (χ0v) is 7.75. The number of nitrogens with one attached hydrogen (secondary N) is 1. The Balaban J connectivity index is 2.49. The molecular weight excluding hydrogens is 227 g/mol. The lowest BCUT2D eigenvalue weighted by molar-refractivity contribution is -0.0913. The van der Waals surface area contributed by atoms with Crippen LogP contribution in [0.5, 0.6) is 0 Å². The summed E-state index contributed by atoms with van der Waals surface area (Å²) in [5.41, 5.74) is 1.05. The number of alkyl halides is 3. The van der Waals surface area contributed by atoms with Gasteiger partial charge in [-0.15, -0.1) is 0 Å². The van der Waals surface area contributed by atoms with Gasteiger partial charge >= 0.3 is 12.1 Å². The number of rotatable bonds is 1. The SMILES string of the molecule is O=C(O)c1ncn2c1C=C(C(F)(F)F)CN2. The molecule has 0 bridgehead atoms. The van der Waals surface area contributed by atoms with Crippen LogP contribution in [0.15, 0.2) is 11.9 Å². The van der Waals surface area contributed by atoms with Gasteiger partial charge in [0.15, 0.2) is 5.69 Å². The van der Waals surface area contributed by atoms with Gasteiger partial charge in [-0.25, -0.2) is 14.5 Å². The van der Waals surface area contributed by atoms with Gasteiger partial charge < -0.3 is 10.5 Å². The molecule has 16 heavy (non-hydrogen) atoms. The summed E-state index contributed by atoms with van der Waals surface area (Å²) in [7, 11) is 0. The Bertz CT molecular complexity index is 475. The quantitative estimate of drug-likeness (QED) is 0.761. The van der Waals surface area contributed by atoms with Crippen LogP contribution in [0.25, 0.3) is 6.08 Å². The van der Waals surface area contributed by atoms with Crippen molar-refractivity contribution in [2.24, 2.45) is 0 Å². The number of carbonyl (C=O) groups is 1. The van der Waals surface area contributed by atoms with Crippen LogP contribution in [0.1, 0.15) is 16.2 Å². The van der Waals surface area contributed by atoms with Crippen molar-refractivity contribution in [1.82, 2.24) is 9.66 Å². The number of carboxylic acid groups (broad SMARTS) is 1. The van der Waals surface area contributed by atoms with Crippen LogP contribution in [-0.4, -0.2) is 33.5 Å². The number of aromatic nitrogens is 2. The minimum Gasteiger partial charge on any atom is -0.476 e. The van der Waals surface area contributed by atoms with Crippen LogP contribution in [0, 0.1) is 0 Å². The number of hydrogen-bond acceptors (Lipinski definition) is 3. The average molecular weight is 233 g/mol. The van der Waals surface area contributed by atoms with Crippen LogP contribution in [0.4, 0.5) is 13.2 Å². The van der Waals surface area contributed by atoms with Crippen molar-refractivity contribution in [3.8, 4) is 0 Å². The summed E-state index contributed by atoms with van der Waals surface area (Å²) < 4.78 is 38.3. The first-order chi connectivity index (χ1) is 7.39. The van der Waals surface area contributed by atoms with Crippen LogP contribution < -0.4 is 5.43 Å². The van der Waals surface area contributed by atoms with E-state index < -0.39 is 30.0 Å². The Morgan fingerprint density at radius 1 is 1.56 bits per heavy atom. The highest BCUT2D eigenvalue weighted by Gasteiger charge is 2.36. The van der Waals surface area contributed by atoms with Crippen LogP contribution in [0.2, 0.25) is 0 Å². The van der Waals surface area contributed by atoms with Gasteiger partial charge in [-0.2, -0.15) is 13.2 Å². The predicted molar refractivity (Wildman–Crippen MR) is 47.4 cm³/mol. The van der Waals surface area contributed by atoms with Crippen molar-refractivity contribution in [2.45, 2.75) is 6.18 Å². The predicted octanol–water partition coefficient (Wildman–Crippen LogP) is 1.08. The first-order valence-corrected chi connectivity index (χ1v) is 4.22. The Morgan fingerprint density at radius 2 is 2.25 bits per heavy atom. The van der Waals surface area contributed by atoms with E-state index in [1.165, 1.54) is 0 Å². The molecule has 0 unspecified atom stereocenters. The van der Waals surface area contributed by atoms with Crippen molar-refractivity contribution in [1.29, 1.82) is 0 Å². The molecule has 0 amide bonds. The number of hydrogen-bond donors (Lipinski definition) is 2. The van der Waals surface area contributed by atoms with Gasteiger partial charge in [0.1, 0.15) is 6.33 Å². The summed E-state index contributed by atoms with van der Waals surface area (Å²) >= 11 is 0. The van der Waals surface area contributed by atoms with Crippen LogP contribution in [0.3, 0.4) is 0 Å². The van der Waals surface area contributed by atoms with Gasteiger partial charge in [-0.05, 0) is 6.08 Å². The molecule has 0 atom stereocenters. The molecule has 0 saturated carbocycles. The molecule has 2 heterocycles. The van der Waals surface area contributed by atoms with E-state index in [1.807, 2.05) is 0 Å². The fourth-order valence-electron chi connectivity index (χ4n) is 1.36. The number of nitrogens with zero attached hydrogens (tertiary/aromatic N) is 2. The van der Waals surface area contributed by atoms with E-state index in [2.05, 4.69) is 10.4 Å². The maximum absolute atomic E-state index is 12.4. The summed E-state index contributed by atoms with van der Waals surface area (Å²) in [5.74, 6) is -1.37. The Morgan fingerprint density at radius 3 is 2.81 bits per heavy atom. The molecular formula is C8H6F3N3O2. The summed E-state index contributed by atoms with van der Waals surface area (Å²) in [5, 5.41) is 8.70.